The Morgan fingerprint density at radius 2 is 1.91 bits per heavy atom. The van der Waals surface area contributed by atoms with Crippen LogP contribution in [0.2, 0.25) is 5.02 Å². The largest absolute Gasteiger partial charge is 0.477 e. The summed E-state index contributed by atoms with van der Waals surface area (Å²) in [5, 5.41) is 10.5. The standard InChI is InChI=1S/C23H18ClFN4O4S/c24-11-1-2-16-15(7-11)26-23(33)29(16)12-3-5-27(6-4-12)18-9-17-13(8-14(18)25)20(30)19(22(31)32)21-28(17)10-34-21/h1-2,7-9,12H,3-6,10H2,(H,26,33)(H,31,32). The maximum Gasteiger partial charge on any atom is 0.342 e. The van der Waals surface area contributed by atoms with Crippen molar-refractivity contribution in [1.29, 1.82) is 0 Å². The predicted molar refractivity (Wildman–Crippen MR) is 129 cm³/mol. The molecule has 0 radical (unpaired) electrons. The number of H-pyrrole nitrogens is 1. The maximum atomic E-state index is 15.1. The molecule has 2 aromatic carbocycles. The summed E-state index contributed by atoms with van der Waals surface area (Å²) < 4.78 is 18.6. The summed E-state index contributed by atoms with van der Waals surface area (Å²) >= 11 is 7.34. The number of fused-ring (bicyclic) bond motifs is 4. The number of rotatable bonds is 3. The lowest BCUT2D eigenvalue weighted by atomic mass is 10.0. The van der Waals surface area contributed by atoms with Crippen LogP contribution < -0.4 is 16.0 Å². The van der Waals surface area contributed by atoms with Crippen molar-refractivity contribution in [2.45, 2.75) is 29.8 Å². The fourth-order valence-corrected chi connectivity index (χ4v) is 6.15. The smallest absolute Gasteiger partial charge is 0.342 e. The van der Waals surface area contributed by atoms with Crippen LogP contribution in [0.4, 0.5) is 10.1 Å². The molecule has 0 saturated carbocycles. The molecule has 34 heavy (non-hydrogen) atoms. The van der Waals surface area contributed by atoms with Crippen LogP contribution in [0.15, 0.2) is 44.9 Å². The third-order valence-corrected chi connectivity index (χ3v) is 8.00. The third-order valence-electron chi connectivity index (χ3n) is 6.68. The number of nitrogens with zero attached hydrogens (tertiary/aromatic N) is 3. The number of carbonyl (C=O) groups is 1. The number of halogens is 2. The third kappa shape index (κ3) is 3.08. The number of nitrogens with one attached hydrogen (secondary N) is 1. The molecule has 0 aliphatic carbocycles. The van der Waals surface area contributed by atoms with E-state index in [-0.39, 0.29) is 22.7 Å². The number of anilines is 1. The summed E-state index contributed by atoms with van der Waals surface area (Å²) in [6.07, 6.45) is 1.28. The Kier molecular flexibility index (Phi) is 4.79. The zero-order valence-corrected chi connectivity index (χ0v) is 19.2. The number of piperidine rings is 1. The quantitative estimate of drug-likeness (QED) is 0.440. The lowest BCUT2D eigenvalue weighted by Crippen LogP contribution is -2.37. The van der Waals surface area contributed by atoms with E-state index in [0.29, 0.717) is 58.6 Å². The SMILES string of the molecule is O=C(O)c1c2n(c3cc(N4CCC(n5c(=O)[nH]c6cc(Cl)ccc65)CC4)c(F)cc3c1=O)CS2. The van der Waals surface area contributed by atoms with Gasteiger partial charge in [-0.15, -0.1) is 0 Å². The second-order valence-electron chi connectivity index (χ2n) is 8.52. The van der Waals surface area contributed by atoms with Crippen LogP contribution >= 0.6 is 23.4 Å². The van der Waals surface area contributed by atoms with Gasteiger partial charge in [0.2, 0.25) is 5.43 Å². The van der Waals surface area contributed by atoms with Gasteiger partial charge in [0.15, 0.2) is 0 Å². The first-order chi connectivity index (χ1) is 16.3. The maximum absolute atomic E-state index is 15.1. The van der Waals surface area contributed by atoms with Crippen LogP contribution in [0.1, 0.15) is 29.2 Å². The lowest BCUT2D eigenvalue weighted by molar-refractivity contribution is 0.0689. The topological polar surface area (TPSA) is 100 Å². The van der Waals surface area contributed by atoms with Crippen molar-refractivity contribution < 1.29 is 14.3 Å². The van der Waals surface area contributed by atoms with E-state index in [9.17, 15) is 19.5 Å². The molecule has 2 N–H and O–H groups in total. The molecule has 174 valence electrons. The summed E-state index contributed by atoms with van der Waals surface area (Å²) in [7, 11) is 0. The highest BCUT2D eigenvalue weighted by molar-refractivity contribution is 7.99. The zero-order valence-electron chi connectivity index (χ0n) is 17.7. The van der Waals surface area contributed by atoms with E-state index in [1.54, 1.807) is 27.3 Å². The number of carboxylic acid groups (broad SMARTS) is 1. The minimum absolute atomic E-state index is 0.0413. The first kappa shape index (κ1) is 21.3. The first-order valence-electron chi connectivity index (χ1n) is 10.7. The zero-order chi connectivity index (χ0) is 23.7. The van der Waals surface area contributed by atoms with Crippen molar-refractivity contribution >= 4 is 57.0 Å². The van der Waals surface area contributed by atoms with Crippen molar-refractivity contribution in [3.63, 3.8) is 0 Å². The number of imidazole rings is 1. The average molecular weight is 501 g/mol. The van der Waals surface area contributed by atoms with Gasteiger partial charge in [-0.05, 0) is 43.2 Å². The van der Waals surface area contributed by atoms with Crippen molar-refractivity contribution in [2.24, 2.45) is 0 Å². The molecule has 4 aromatic rings. The number of thioether (sulfide) groups is 1. The molecular weight excluding hydrogens is 483 g/mol. The van der Waals surface area contributed by atoms with Gasteiger partial charge in [-0.3, -0.25) is 9.36 Å². The molecule has 2 aliphatic rings. The molecule has 1 saturated heterocycles. The Morgan fingerprint density at radius 3 is 2.59 bits per heavy atom. The minimum atomic E-state index is -1.30. The van der Waals surface area contributed by atoms with Gasteiger partial charge in [0.25, 0.3) is 0 Å². The van der Waals surface area contributed by atoms with Gasteiger partial charge in [-0.2, -0.15) is 0 Å². The van der Waals surface area contributed by atoms with E-state index in [1.807, 2.05) is 11.0 Å². The van der Waals surface area contributed by atoms with Crippen LogP contribution in [-0.2, 0) is 5.88 Å². The number of pyridine rings is 1. The number of aromatic amines is 1. The molecule has 2 aliphatic heterocycles. The van der Waals surface area contributed by atoms with Crippen LogP contribution in [-0.4, -0.2) is 38.3 Å². The molecule has 1 fully saturated rings. The fraction of sp³-hybridized carbons (Fsp3) is 0.261. The van der Waals surface area contributed by atoms with Crippen LogP contribution in [0.25, 0.3) is 21.9 Å². The van der Waals surface area contributed by atoms with Gasteiger partial charge in [0.05, 0.1) is 33.1 Å². The van der Waals surface area contributed by atoms with Crippen LogP contribution in [0.3, 0.4) is 0 Å². The molecule has 2 aromatic heterocycles. The summed E-state index contributed by atoms with van der Waals surface area (Å²) in [6.45, 7) is 1.05. The molecule has 0 atom stereocenters. The van der Waals surface area contributed by atoms with E-state index >= 15 is 4.39 Å². The lowest BCUT2D eigenvalue weighted by Gasteiger charge is -2.35. The minimum Gasteiger partial charge on any atom is -0.477 e. The highest BCUT2D eigenvalue weighted by atomic mass is 35.5. The Bertz CT molecular complexity index is 1630. The Hall–Kier alpha value is -3.24. The van der Waals surface area contributed by atoms with E-state index in [1.165, 1.54) is 11.8 Å². The van der Waals surface area contributed by atoms with Crippen molar-refractivity contribution in [3.8, 4) is 0 Å². The number of hydrogen-bond donors (Lipinski definition) is 2. The highest BCUT2D eigenvalue weighted by Gasteiger charge is 2.30. The van der Waals surface area contributed by atoms with E-state index in [4.69, 9.17) is 11.6 Å². The summed E-state index contributed by atoms with van der Waals surface area (Å²) in [5.41, 5.74) is 1.21. The predicted octanol–water partition coefficient (Wildman–Crippen LogP) is 4.04. The molecule has 11 heteroatoms. The van der Waals surface area contributed by atoms with Crippen molar-refractivity contribution in [2.75, 3.05) is 18.0 Å². The molecule has 0 unspecified atom stereocenters. The summed E-state index contributed by atoms with van der Waals surface area (Å²) in [6, 6.07) is 8.04. The Morgan fingerprint density at radius 1 is 1.15 bits per heavy atom. The van der Waals surface area contributed by atoms with Crippen molar-refractivity contribution in [3.05, 3.63) is 67.4 Å². The summed E-state index contributed by atoms with van der Waals surface area (Å²) in [5.74, 6) is -1.36. The Balaban J connectivity index is 1.33. The second kappa shape index (κ2) is 7.64. The van der Waals surface area contributed by atoms with Gasteiger partial charge in [-0.25, -0.2) is 14.0 Å². The number of aromatic nitrogens is 3. The average Bonchev–Trinajstić information content (AvgIpc) is 3.10. The fourth-order valence-electron chi connectivity index (χ4n) is 5.03. The van der Waals surface area contributed by atoms with E-state index < -0.39 is 17.2 Å². The van der Waals surface area contributed by atoms with E-state index in [2.05, 4.69) is 4.98 Å². The second-order valence-corrected chi connectivity index (χ2v) is 9.89. The van der Waals surface area contributed by atoms with Crippen molar-refractivity contribution in [1.82, 2.24) is 14.1 Å². The van der Waals surface area contributed by atoms with Gasteiger partial charge in [-0.1, -0.05) is 23.4 Å². The van der Waals surface area contributed by atoms with Gasteiger partial charge >= 0.3 is 11.7 Å². The number of carboxylic acids is 1. The molecular formula is C23H18ClFN4O4S. The molecule has 6 rings (SSSR count). The molecule has 8 nitrogen and oxygen atoms in total. The number of hydrogen-bond acceptors (Lipinski definition) is 5. The monoisotopic (exact) mass is 500 g/mol. The van der Waals surface area contributed by atoms with Crippen LogP contribution in [0.5, 0.6) is 0 Å². The molecule has 4 heterocycles. The van der Waals surface area contributed by atoms with E-state index in [0.717, 1.165) is 11.6 Å². The molecule has 0 spiro atoms. The van der Waals surface area contributed by atoms with Gasteiger partial charge < -0.3 is 19.6 Å². The number of benzene rings is 2. The van der Waals surface area contributed by atoms with Gasteiger partial charge in [0.1, 0.15) is 11.4 Å². The molecule has 0 bridgehead atoms. The summed E-state index contributed by atoms with van der Waals surface area (Å²) in [4.78, 5) is 41.6. The normalized spacial score (nSPS) is 16.1. The van der Waals surface area contributed by atoms with Crippen LogP contribution in [0, 0.1) is 5.82 Å². The first-order valence-corrected chi connectivity index (χ1v) is 12.1. The Labute approximate surface area is 200 Å². The highest BCUT2D eigenvalue weighted by Crippen LogP contribution is 2.38. The van der Waals surface area contributed by atoms with Gasteiger partial charge in [0, 0.05) is 29.5 Å². The number of aromatic carboxylic acids is 1. The molecule has 0 amide bonds.